The van der Waals surface area contributed by atoms with Crippen molar-refractivity contribution in [3.8, 4) is 5.75 Å². The first kappa shape index (κ1) is 18.3. The minimum Gasteiger partial charge on any atom is -0.496 e. The molecule has 0 saturated heterocycles. The van der Waals surface area contributed by atoms with Crippen LogP contribution < -0.4 is 9.46 Å². The lowest BCUT2D eigenvalue weighted by atomic mass is 10.0. The van der Waals surface area contributed by atoms with Crippen LogP contribution in [0, 0.1) is 26.7 Å². The van der Waals surface area contributed by atoms with Gasteiger partial charge in [-0.15, -0.1) is 0 Å². The maximum absolute atomic E-state index is 12.8. The van der Waals surface area contributed by atoms with E-state index in [-0.39, 0.29) is 0 Å². The molecule has 2 rings (SSSR count). The molecule has 4 nitrogen and oxygen atoms in total. The molecule has 0 aliphatic heterocycles. The van der Waals surface area contributed by atoms with Crippen molar-refractivity contribution in [2.24, 2.45) is 5.92 Å². The van der Waals surface area contributed by atoms with Crippen molar-refractivity contribution in [2.75, 3.05) is 13.7 Å². The summed E-state index contributed by atoms with van der Waals surface area (Å²) in [6.45, 7) is 6.13. The van der Waals surface area contributed by atoms with Crippen molar-refractivity contribution in [2.45, 2.75) is 64.2 Å². The molecular formula is C18H29NO3S. The molecule has 0 heterocycles. The first-order valence-corrected chi connectivity index (χ1v) is 9.99. The van der Waals surface area contributed by atoms with Gasteiger partial charge in [0.2, 0.25) is 10.0 Å². The fraction of sp³-hybridized carbons (Fsp3) is 0.667. The molecule has 1 aromatic rings. The fourth-order valence-electron chi connectivity index (χ4n) is 3.51. The van der Waals surface area contributed by atoms with Crippen LogP contribution >= 0.6 is 0 Å². The standard InChI is InChI=1S/C18H29NO3S/c1-13-11-17(22-4)14(2)15(3)18(13)23(20,21)19-12-16-9-7-5-6-8-10-16/h11,16,19H,5-10,12H2,1-4H3. The van der Waals surface area contributed by atoms with E-state index in [1.807, 2.05) is 26.8 Å². The Labute approximate surface area is 140 Å². The van der Waals surface area contributed by atoms with Crippen LogP contribution in [0.4, 0.5) is 0 Å². The summed E-state index contributed by atoms with van der Waals surface area (Å²) in [4.78, 5) is 0.407. The van der Waals surface area contributed by atoms with E-state index in [1.54, 1.807) is 7.11 Å². The third kappa shape index (κ3) is 4.27. The Balaban J connectivity index is 2.20. The summed E-state index contributed by atoms with van der Waals surface area (Å²) in [7, 11) is -1.88. The first-order valence-electron chi connectivity index (χ1n) is 8.51. The Hall–Kier alpha value is -1.07. The normalized spacial score (nSPS) is 17.0. The largest absolute Gasteiger partial charge is 0.496 e. The van der Waals surface area contributed by atoms with Crippen LogP contribution in [0.25, 0.3) is 0 Å². The van der Waals surface area contributed by atoms with Gasteiger partial charge in [-0.2, -0.15) is 0 Å². The van der Waals surface area contributed by atoms with Crippen molar-refractivity contribution >= 4 is 10.0 Å². The highest BCUT2D eigenvalue weighted by molar-refractivity contribution is 7.89. The van der Waals surface area contributed by atoms with Gasteiger partial charge in [-0.3, -0.25) is 0 Å². The zero-order valence-electron chi connectivity index (χ0n) is 14.7. The van der Waals surface area contributed by atoms with Crippen molar-refractivity contribution in [1.29, 1.82) is 0 Å². The van der Waals surface area contributed by atoms with E-state index < -0.39 is 10.0 Å². The zero-order chi connectivity index (χ0) is 17.0. The Bertz CT molecular complexity index is 645. The van der Waals surface area contributed by atoms with Gasteiger partial charge in [0.25, 0.3) is 0 Å². The van der Waals surface area contributed by atoms with E-state index in [9.17, 15) is 8.42 Å². The average Bonchev–Trinajstić information content (AvgIpc) is 2.77. The highest BCUT2D eigenvalue weighted by atomic mass is 32.2. The molecule has 0 spiro atoms. The van der Waals surface area contributed by atoms with Crippen LogP contribution in [0.15, 0.2) is 11.0 Å². The van der Waals surface area contributed by atoms with Gasteiger partial charge in [0.15, 0.2) is 0 Å². The van der Waals surface area contributed by atoms with E-state index in [2.05, 4.69) is 4.72 Å². The number of rotatable bonds is 5. The van der Waals surface area contributed by atoms with Crippen LogP contribution in [0.2, 0.25) is 0 Å². The number of benzene rings is 1. The molecule has 130 valence electrons. The van der Waals surface area contributed by atoms with Gasteiger partial charge < -0.3 is 4.74 Å². The number of nitrogens with one attached hydrogen (secondary N) is 1. The molecule has 0 bridgehead atoms. The molecule has 0 atom stereocenters. The number of ether oxygens (including phenoxy) is 1. The molecule has 0 radical (unpaired) electrons. The number of aryl methyl sites for hydroxylation is 1. The Kier molecular flexibility index (Phi) is 6.09. The van der Waals surface area contributed by atoms with E-state index in [1.165, 1.54) is 25.7 Å². The number of hydrogen-bond donors (Lipinski definition) is 1. The molecule has 5 heteroatoms. The van der Waals surface area contributed by atoms with E-state index in [4.69, 9.17) is 4.74 Å². The highest BCUT2D eigenvalue weighted by Crippen LogP contribution is 2.30. The van der Waals surface area contributed by atoms with E-state index >= 15 is 0 Å². The predicted octanol–water partition coefficient (Wildman–Crippen LogP) is 3.87. The third-order valence-electron chi connectivity index (χ3n) is 5.00. The summed E-state index contributed by atoms with van der Waals surface area (Å²) in [5, 5.41) is 0. The number of hydrogen-bond acceptors (Lipinski definition) is 3. The van der Waals surface area contributed by atoms with Crippen molar-refractivity contribution in [3.05, 3.63) is 22.8 Å². The van der Waals surface area contributed by atoms with Crippen LogP contribution in [-0.2, 0) is 10.0 Å². The van der Waals surface area contributed by atoms with Crippen LogP contribution in [0.5, 0.6) is 5.75 Å². The quantitative estimate of drug-likeness (QED) is 0.829. The van der Waals surface area contributed by atoms with Gasteiger partial charge in [0.05, 0.1) is 12.0 Å². The summed E-state index contributed by atoms with van der Waals surface area (Å²) in [6, 6.07) is 1.81. The monoisotopic (exact) mass is 339 g/mol. The summed E-state index contributed by atoms with van der Waals surface area (Å²) in [5.74, 6) is 1.20. The predicted molar refractivity (Wildman–Crippen MR) is 93.6 cm³/mol. The number of methoxy groups -OCH3 is 1. The second kappa shape index (κ2) is 7.67. The average molecular weight is 340 g/mol. The van der Waals surface area contributed by atoms with E-state index in [0.717, 1.165) is 35.3 Å². The molecule has 1 saturated carbocycles. The lowest BCUT2D eigenvalue weighted by molar-refractivity contribution is 0.410. The van der Waals surface area contributed by atoms with Crippen LogP contribution in [0.3, 0.4) is 0 Å². The SMILES string of the molecule is COc1cc(C)c(S(=O)(=O)NCC2CCCCCC2)c(C)c1C. The van der Waals surface area contributed by atoms with Crippen molar-refractivity contribution < 1.29 is 13.2 Å². The first-order chi connectivity index (χ1) is 10.9. The minimum atomic E-state index is -3.49. The topological polar surface area (TPSA) is 55.4 Å². The lowest BCUT2D eigenvalue weighted by Crippen LogP contribution is -2.30. The maximum Gasteiger partial charge on any atom is 0.241 e. The molecule has 0 aromatic heterocycles. The van der Waals surface area contributed by atoms with Gasteiger partial charge in [0, 0.05) is 6.54 Å². The Morgan fingerprint density at radius 1 is 1.09 bits per heavy atom. The molecule has 1 aliphatic rings. The van der Waals surface area contributed by atoms with Gasteiger partial charge in [-0.1, -0.05) is 25.7 Å². The number of sulfonamides is 1. The van der Waals surface area contributed by atoms with Gasteiger partial charge in [-0.05, 0) is 62.3 Å². The van der Waals surface area contributed by atoms with Crippen molar-refractivity contribution in [3.63, 3.8) is 0 Å². The summed E-state index contributed by atoms with van der Waals surface area (Å²) in [6.07, 6.45) is 7.24. The molecule has 0 unspecified atom stereocenters. The molecule has 1 aliphatic carbocycles. The van der Waals surface area contributed by atoms with Gasteiger partial charge >= 0.3 is 0 Å². The highest BCUT2D eigenvalue weighted by Gasteiger charge is 2.24. The molecular weight excluding hydrogens is 310 g/mol. The second-order valence-electron chi connectivity index (χ2n) is 6.68. The molecule has 1 N–H and O–H groups in total. The summed E-state index contributed by atoms with van der Waals surface area (Å²) in [5.41, 5.74) is 2.39. The summed E-state index contributed by atoms with van der Waals surface area (Å²) < 4.78 is 33.8. The lowest BCUT2D eigenvalue weighted by Gasteiger charge is -2.19. The molecule has 1 fully saturated rings. The molecule has 23 heavy (non-hydrogen) atoms. The third-order valence-corrected chi connectivity index (χ3v) is 6.72. The smallest absolute Gasteiger partial charge is 0.241 e. The Morgan fingerprint density at radius 2 is 1.70 bits per heavy atom. The van der Waals surface area contributed by atoms with Crippen LogP contribution in [0.1, 0.15) is 55.2 Å². The minimum absolute atomic E-state index is 0.407. The van der Waals surface area contributed by atoms with Crippen LogP contribution in [-0.4, -0.2) is 22.1 Å². The fourth-order valence-corrected chi connectivity index (χ4v) is 5.15. The second-order valence-corrected chi connectivity index (χ2v) is 8.39. The molecule has 0 amide bonds. The Morgan fingerprint density at radius 3 is 2.26 bits per heavy atom. The van der Waals surface area contributed by atoms with E-state index in [0.29, 0.717) is 17.4 Å². The van der Waals surface area contributed by atoms with Crippen molar-refractivity contribution in [1.82, 2.24) is 4.72 Å². The summed E-state index contributed by atoms with van der Waals surface area (Å²) >= 11 is 0. The van der Waals surface area contributed by atoms with Gasteiger partial charge in [-0.25, -0.2) is 13.1 Å². The van der Waals surface area contributed by atoms with Gasteiger partial charge in [0.1, 0.15) is 5.75 Å². The zero-order valence-corrected chi connectivity index (χ0v) is 15.6. The molecule has 1 aromatic carbocycles. The maximum atomic E-state index is 12.8.